The summed E-state index contributed by atoms with van der Waals surface area (Å²) < 4.78 is 26.9. The number of hydrogen-bond donors (Lipinski definition) is 3. The van der Waals surface area contributed by atoms with Gasteiger partial charge in [-0.15, -0.1) is 0 Å². The Hall–Kier alpha value is -1.71. The van der Waals surface area contributed by atoms with E-state index in [0.29, 0.717) is 5.92 Å². The predicted octanol–water partition coefficient (Wildman–Crippen LogP) is 0.957. The summed E-state index contributed by atoms with van der Waals surface area (Å²) in [5.41, 5.74) is 1.85. The molecule has 1 aliphatic carbocycles. The molecule has 1 saturated carbocycles. The monoisotopic (exact) mass is 300 g/mol. The molecule has 0 heterocycles. The maximum atomic E-state index is 12.2. The summed E-state index contributed by atoms with van der Waals surface area (Å²) >= 11 is 0. The van der Waals surface area contributed by atoms with Crippen LogP contribution in [0.1, 0.15) is 19.8 Å². The topological polar surface area (TPSA) is 127 Å². The molecule has 1 fully saturated rings. The van der Waals surface area contributed by atoms with E-state index in [2.05, 4.69) is 10.1 Å². The Morgan fingerprint density at radius 2 is 2.10 bits per heavy atom. The Morgan fingerprint density at radius 3 is 2.60 bits per heavy atom. The Kier molecular flexibility index (Phi) is 3.93. The highest BCUT2D eigenvalue weighted by Crippen LogP contribution is 2.33. The molecule has 0 amide bonds. The molecule has 4 N–H and O–H groups in total. The number of nitrogens with one attached hydrogen (secondary N) is 2. The number of anilines is 1. The first kappa shape index (κ1) is 14.7. The zero-order valence-electron chi connectivity index (χ0n) is 10.9. The number of nitrogen functional groups attached to an aromatic ring is 1. The van der Waals surface area contributed by atoms with Gasteiger partial charge in [-0.3, -0.25) is 16.0 Å². The van der Waals surface area contributed by atoms with Crippen molar-refractivity contribution in [2.45, 2.75) is 30.7 Å². The maximum Gasteiger partial charge on any atom is 0.294 e. The van der Waals surface area contributed by atoms with Gasteiger partial charge in [0.1, 0.15) is 5.69 Å². The van der Waals surface area contributed by atoms with Crippen LogP contribution in [0.25, 0.3) is 0 Å². The molecule has 0 radical (unpaired) electrons. The van der Waals surface area contributed by atoms with Gasteiger partial charge in [0.25, 0.3) is 5.69 Å². The second-order valence-electron chi connectivity index (χ2n) is 4.83. The fourth-order valence-corrected chi connectivity index (χ4v) is 3.29. The van der Waals surface area contributed by atoms with Crippen LogP contribution in [-0.4, -0.2) is 19.4 Å². The molecular weight excluding hydrogens is 284 g/mol. The normalized spacial score (nSPS) is 16.7. The van der Waals surface area contributed by atoms with Crippen molar-refractivity contribution < 1.29 is 13.3 Å². The van der Waals surface area contributed by atoms with Crippen LogP contribution in [0.3, 0.4) is 0 Å². The third kappa shape index (κ3) is 3.06. The molecule has 0 saturated heterocycles. The average molecular weight is 300 g/mol. The molecule has 2 rings (SSSR count). The lowest BCUT2D eigenvalue weighted by molar-refractivity contribution is -0.384. The number of benzene rings is 1. The van der Waals surface area contributed by atoms with Gasteiger partial charge in [-0.05, 0) is 37.8 Å². The van der Waals surface area contributed by atoms with Crippen molar-refractivity contribution >= 4 is 21.4 Å². The lowest BCUT2D eigenvalue weighted by Crippen LogP contribution is -2.34. The Balaban J connectivity index is 2.31. The van der Waals surface area contributed by atoms with E-state index >= 15 is 0 Å². The first-order valence-electron chi connectivity index (χ1n) is 6.12. The van der Waals surface area contributed by atoms with E-state index in [1.54, 1.807) is 6.92 Å². The summed E-state index contributed by atoms with van der Waals surface area (Å²) in [7, 11) is -3.77. The van der Waals surface area contributed by atoms with Gasteiger partial charge in [0.05, 0.1) is 9.82 Å². The van der Waals surface area contributed by atoms with Crippen molar-refractivity contribution in [3.05, 3.63) is 28.3 Å². The van der Waals surface area contributed by atoms with Gasteiger partial charge in [0.15, 0.2) is 0 Å². The van der Waals surface area contributed by atoms with E-state index in [4.69, 9.17) is 5.84 Å². The first-order chi connectivity index (χ1) is 9.35. The molecule has 0 bridgehead atoms. The molecular formula is C11H16N4O4S. The summed E-state index contributed by atoms with van der Waals surface area (Å²) in [4.78, 5) is 10.1. The molecule has 1 unspecified atom stereocenters. The fraction of sp³-hybridized carbons (Fsp3) is 0.455. The van der Waals surface area contributed by atoms with Crippen LogP contribution in [0.4, 0.5) is 11.4 Å². The van der Waals surface area contributed by atoms with Crippen molar-refractivity contribution in [2.24, 2.45) is 11.8 Å². The second kappa shape index (κ2) is 5.35. The number of nitro benzene ring substituents is 1. The number of hydrazine groups is 1. The van der Waals surface area contributed by atoms with Crippen molar-refractivity contribution in [3.8, 4) is 0 Å². The highest BCUT2D eigenvalue weighted by atomic mass is 32.2. The van der Waals surface area contributed by atoms with Crippen molar-refractivity contribution in [3.63, 3.8) is 0 Å². The fourth-order valence-electron chi connectivity index (χ4n) is 1.96. The third-order valence-electron chi connectivity index (χ3n) is 3.30. The summed E-state index contributed by atoms with van der Waals surface area (Å²) in [5, 5.41) is 10.9. The summed E-state index contributed by atoms with van der Waals surface area (Å²) in [6.07, 6.45) is 2.00. The van der Waals surface area contributed by atoms with E-state index in [-0.39, 0.29) is 22.3 Å². The van der Waals surface area contributed by atoms with Gasteiger partial charge in [0.2, 0.25) is 10.0 Å². The molecule has 0 aliphatic heterocycles. The van der Waals surface area contributed by atoms with Crippen molar-refractivity contribution in [1.82, 2.24) is 4.72 Å². The van der Waals surface area contributed by atoms with Crippen LogP contribution >= 0.6 is 0 Å². The van der Waals surface area contributed by atoms with E-state index in [1.165, 1.54) is 12.1 Å². The second-order valence-corrected chi connectivity index (χ2v) is 6.54. The highest BCUT2D eigenvalue weighted by Gasteiger charge is 2.31. The number of nitrogens with zero attached hydrogens (tertiary/aromatic N) is 1. The minimum atomic E-state index is -3.77. The lowest BCUT2D eigenvalue weighted by atomic mass is 10.2. The standard InChI is InChI=1S/C11H16N4O4S/c1-7(8-2-3-8)14-20(18,19)9-4-5-10(13-12)11(6-9)15(16)17/h4-8,13-14H,2-3,12H2,1H3. The molecule has 1 aromatic carbocycles. The Bertz CT molecular complexity index is 627. The number of hydrogen-bond acceptors (Lipinski definition) is 6. The van der Waals surface area contributed by atoms with Crippen LogP contribution < -0.4 is 16.0 Å². The smallest absolute Gasteiger partial charge is 0.294 e. The zero-order valence-corrected chi connectivity index (χ0v) is 11.7. The van der Waals surface area contributed by atoms with Crippen LogP contribution in [-0.2, 0) is 10.0 Å². The molecule has 110 valence electrons. The largest absolute Gasteiger partial charge is 0.318 e. The molecule has 20 heavy (non-hydrogen) atoms. The lowest BCUT2D eigenvalue weighted by Gasteiger charge is -2.13. The summed E-state index contributed by atoms with van der Waals surface area (Å²) in [6, 6.07) is 3.38. The van der Waals surface area contributed by atoms with Gasteiger partial charge in [-0.2, -0.15) is 0 Å². The van der Waals surface area contributed by atoms with Crippen LogP contribution in [0.15, 0.2) is 23.1 Å². The van der Waals surface area contributed by atoms with Gasteiger partial charge in [-0.1, -0.05) is 0 Å². The average Bonchev–Trinajstić information content (AvgIpc) is 3.21. The Morgan fingerprint density at radius 1 is 1.45 bits per heavy atom. The van der Waals surface area contributed by atoms with Crippen LogP contribution in [0.5, 0.6) is 0 Å². The third-order valence-corrected chi connectivity index (χ3v) is 4.86. The number of nitrogens with two attached hydrogens (primary N) is 1. The van der Waals surface area contributed by atoms with E-state index in [9.17, 15) is 18.5 Å². The summed E-state index contributed by atoms with van der Waals surface area (Å²) in [5.74, 6) is 5.51. The van der Waals surface area contributed by atoms with Gasteiger partial charge < -0.3 is 5.43 Å². The van der Waals surface area contributed by atoms with Crippen molar-refractivity contribution in [1.29, 1.82) is 0 Å². The van der Waals surface area contributed by atoms with Gasteiger partial charge >= 0.3 is 0 Å². The quantitative estimate of drug-likeness (QED) is 0.408. The van der Waals surface area contributed by atoms with E-state index in [0.717, 1.165) is 18.9 Å². The number of rotatable bonds is 6. The van der Waals surface area contributed by atoms with Crippen LogP contribution in [0.2, 0.25) is 0 Å². The van der Waals surface area contributed by atoms with Crippen LogP contribution in [0, 0.1) is 16.0 Å². The molecule has 8 nitrogen and oxygen atoms in total. The van der Waals surface area contributed by atoms with Gasteiger partial charge in [-0.25, -0.2) is 13.1 Å². The minimum Gasteiger partial charge on any atom is -0.318 e. The predicted molar refractivity (Wildman–Crippen MR) is 73.4 cm³/mol. The summed E-state index contributed by atoms with van der Waals surface area (Å²) in [6.45, 7) is 1.79. The van der Waals surface area contributed by atoms with Crippen molar-refractivity contribution in [2.75, 3.05) is 5.43 Å². The molecule has 1 aliphatic rings. The first-order valence-corrected chi connectivity index (χ1v) is 7.61. The van der Waals surface area contributed by atoms with E-state index < -0.39 is 14.9 Å². The Labute approximate surface area is 116 Å². The number of sulfonamides is 1. The highest BCUT2D eigenvalue weighted by molar-refractivity contribution is 7.89. The minimum absolute atomic E-state index is 0.0594. The zero-order chi connectivity index (χ0) is 14.9. The molecule has 0 spiro atoms. The maximum absolute atomic E-state index is 12.2. The molecule has 9 heteroatoms. The SMILES string of the molecule is CC(NS(=O)(=O)c1ccc(NN)c([N+](=O)[O-])c1)C1CC1. The molecule has 1 atom stereocenters. The van der Waals surface area contributed by atoms with E-state index in [1.807, 2.05) is 0 Å². The molecule has 1 aromatic rings. The molecule has 0 aromatic heterocycles. The van der Waals surface area contributed by atoms with Gasteiger partial charge in [0, 0.05) is 12.1 Å². The number of nitro groups is 1.